The van der Waals surface area contributed by atoms with Crippen molar-refractivity contribution in [3.63, 3.8) is 0 Å². The van der Waals surface area contributed by atoms with Crippen LogP contribution in [0.5, 0.6) is 0 Å². The first-order valence-corrected chi connectivity index (χ1v) is 9.09. The largest absolute Gasteiger partial charge is 0.459 e. The number of hydrogen-bond acceptors (Lipinski definition) is 5. The predicted octanol–water partition coefficient (Wildman–Crippen LogP) is 3.61. The van der Waals surface area contributed by atoms with Crippen molar-refractivity contribution in [1.82, 2.24) is 4.90 Å². The van der Waals surface area contributed by atoms with Crippen LogP contribution in [0.25, 0.3) is 0 Å². The van der Waals surface area contributed by atoms with Crippen LogP contribution in [0, 0.1) is 0 Å². The summed E-state index contributed by atoms with van der Waals surface area (Å²) in [6.45, 7) is 6.88. The number of nitrogens with zero attached hydrogens (tertiary/aromatic N) is 1. The second-order valence-electron chi connectivity index (χ2n) is 6.22. The monoisotopic (exact) mass is 325 g/mol. The lowest BCUT2D eigenvalue weighted by molar-refractivity contribution is 0.0384. The molecule has 1 saturated heterocycles. The SMILES string of the molecule is CC(C)OC(=O)c1ccc(C(O)CCN2CCCCCC2)s1. The minimum Gasteiger partial charge on any atom is -0.459 e. The van der Waals surface area contributed by atoms with Crippen molar-refractivity contribution >= 4 is 17.3 Å². The van der Waals surface area contributed by atoms with Crippen LogP contribution in [0.15, 0.2) is 12.1 Å². The molecule has 1 fully saturated rings. The second-order valence-corrected chi connectivity index (χ2v) is 7.33. The Morgan fingerprint density at radius 2 is 1.95 bits per heavy atom. The van der Waals surface area contributed by atoms with E-state index in [1.165, 1.54) is 37.0 Å². The van der Waals surface area contributed by atoms with E-state index in [2.05, 4.69) is 4.90 Å². The third kappa shape index (κ3) is 5.38. The summed E-state index contributed by atoms with van der Waals surface area (Å²) >= 11 is 1.34. The Labute approximate surface area is 137 Å². The zero-order valence-corrected chi connectivity index (χ0v) is 14.4. The molecule has 0 aromatic carbocycles. The van der Waals surface area contributed by atoms with Crippen LogP contribution in [-0.4, -0.2) is 41.7 Å². The minimum atomic E-state index is -0.492. The Kier molecular flexibility index (Phi) is 6.86. The molecule has 4 nitrogen and oxygen atoms in total. The van der Waals surface area contributed by atoms with E-state index >= 15 is 0 Å². The number of carbonyl (C=O) groups is 1. The van der Waals surface area contributed by atoms with Crippen molar-refractivity contribution in [3.8, 4) is 0 Å². The van der Waals surface area contributed by atoms with Crippen LogP contribution in [0.4, 0.5) is 0 Å². The van der Waals surface area contributed by atoms with Crippen LogP contribution >= 0.6 is 11.3 Å². The molecule has 0 radical (unpaired) electrons. The summed E-state index contributed by atoms with van der Waals surface area (Å²) in [5.41, 5.74) is 0. The van der Waals surface area contributed by atoms with Crippen LogP contribution in [0.2, 0.25) is 0 Å². The molecule has 5 heteroatoms. The predicted molar refractivity (Wildman–Crippen MR) is 89.4 cm³/mol. The highest BCUT2D eigenvalue weighted by molar-refractivity contribution is 7.14. The summed E-state index contributed by atoms with van der Waals surface area (Å²) in [5, 5.41) is 10.3. The lowest BCUT2D eigenvalue weighted by Gasteiger charge is -2.21. The smallest absolute Gasteiger partial charge is 0.348 e. The quantitative estimate of drug-likeness (QED) is 0.812. The third-order valence-corrected chi connectivity index (χ3v) is 5.08. The highest BCUT2D eigenvalue weighted by Gasteiger charge is 2.17. The number of rotatable bonds is 6. The minimum absolute atomic E-state index is 0.119. The molecule has 1 aliphatic rings. The van der Waals surface area contributed by atoms with Crippen LogP contribution in [-0.2, 0) is 4.74 Å². The van der Waals surface area contributed by atoms with E-state index in [0.29, 0.717) is 4.88 Å². The summed E-state index contributed by atoms with van der Waals surface area (Å²) in [6, 6.07) is 3.59. The number of hydrogen-bond donors (Lipinski definition) is 1. The van der Waals surface area contributed by atoms with Crippen molar-refractivity contribution in [3.05, 3.63) is 21.9 Å². The lowest BCUT2D eigenvalue weighted by atomic mass is 10.2. The van der Waals surface area contributed by atoms with Crippen molar-refractivity contribution in [2.24, 2.45) is 0 Å². The Balaban J connectivity index is 1.83. The zero-order valence-electron chi connectivity index (χ0n) is 13.6. The molecule has 1 aromatic heterocycles. The molecule has 1 aromatic rings. The summed E-state index contributed by atoms with van der Waals surface area (Å²) in [7, 11) is 0. The van der Waals surface area contributed by atoms with Crippen LogP contribution in [0.1, 0.15) is 66.6 Å². The molecule has 2 heterocycles. The fraction of sp³-hybridized carbons (Fsp3) is 0.706. The van der Waals surface area contributed by atoms with Gasteiger partial charge >= 0.3 is 5.97 Å². The highest BCUT2D eigenvalue weighted by atomic mass is 32.1. The standard InChI is InChI=1S/C17H27NO3S/c1-13(2)21-17(20)16-8-7-15(22-16)14(19)9-12-18-10-5-3-4-6-11-18/h7-8,13-14,19H,3-6,9-12H2,1-2H3. The lowest BCUT2D eigenvalue weighted by Crippen LogP contribution is -2.26. The van der Waals surface area contributed by atoms with Gasteiger partial charge in [0, 0.05) is 11.4 Å². The maximum absolute atomic E-state index is 11.8. The maximum atomic E-state index is 11.8. The number of aliphatic hydroxyl groups excluding tert-OH is 1. The Morgan fingerprint density at radius 3 is 2.59 bits per heavy atom. The van der Waals surface area contributed by atoms with Crippen LogP contribution in [0.3, 0.4) is 0 Å². The van der Waals surface area contributed by atoms with Gasteiger partial charge < -0.3 is 14.7 Å². The summed E-state index contributed by atoms with van der Waals surface area (Å²) in [6.07, 6.45) is 5.29. The Morgan fingerprint density at radius 1 is 1.27 bits per heavy atom. The van der Waals surface area contributed by atoms with E-state index in [-0.39, 0.29) is 12.1 Å². The van der Waals surface area contributed by atoms with E-state index in [0.717, 1.165) is 30.9 Å². The van der Waals surface area contributed by atoms with Gasteiger partial charge in [0.1, 0.15) is 4.88 Å². The normalized spacial score (nSPS) is 18.2. The number of aliphatic hydroxyl groups is 1. The molecule has 0 saturated carbocycles. The molecular weight excluding hydrogens is 298 g/mol. The van der Waals surface area contributed by atoms with E-state index in [1.807, 2.05) is 19.9 Å². The van der Waals surface area contributed by atoms with Crippen molar-refractivity contribution in [2.45, 2.75) is 58.2 Å². The van der Waals surface area contributed by atoms with E-state index < -0.39 is 6.10 Å². The van der Waals surface area contributed by atoms with Gasteiger partial charge in [-0.1, -0.05) is 12.8 Å². The molecule has 0 bridgehead atoms. The van der Waals surface area contributed by atoms with Gasteiger partial charge in [-0.15, -0.1) is 11.3 Å². The van der Waals surface area contributed by atoms with E-state index in [9.17, 15) is 9.90 Å². The summed E-state index contributed by atoms with van der Waals surface area (Å²) in [5.74, 6) is -0.300. The summed E-state index contributed by atoms with van der Waals surface area (Å²) in [4.78, 5) is 15.7. The number of carbonyl (C=O) groups excluding carboxylic acids is 1. The van der Waals surface area contributed by atoms with Crippen molar-refractivity contribution in [1.29, 1.82) is 0 Å². The topological polar surface area (TPSA) is 49.8 Å². The fourth-order valence-electron chi connectivity index (χ4n) is 2.72. The molecule has 1 atom stereocenters. The average molecular weight is 325 g/mol. The number of likely N-dealkylation sites (tertiary alicyclic amines) is 1. The maximum Gasteiger partial charge on any atom is 0.348 e. The third-order valence-electron chi connectivity index (χ3n) is 3.92. The zero-order chi connectivity index (χ0) is 15.9. The van der Waals surface area contributed by atoms with E-state index in [1.54, 1.807) is 6.07 Å². The molecular formula is C17H27NO3S. The molecule has 2 rings (SSSR count). The van der Waals surface area contributed by atoms with Gasteiger partial charge in [0.2, 0.25) is 0 Å². The molecule has 0 spiro atoms. The molecule has 124 valence electrons. The van der Waals surface area contributed by atoms with Gasteiger partial charge in [0.25, 0.3) is 0 Å². The molecule has 1 unspecified atom stereocenters. The molecule has 0 amide bonds. The van der Waals surface area contributed by atoms with Gasteiger partial charge in [0.15, 0.2) is 0 Å². The molecule has 1 aliphatic heterocycles. The average Bonchev–Trinajstić information content (AvgIpc) is 2.82. The first-order valence-electron chi connectivity index (χ1n) is 8.27. The first-order chi connectivity index (χ1) is 10.6. The van der Waals surface area contributed by atoms with Gasteiger partial charge in [-0.3, -0.25) is 0 Å². The van der Waals surface area contributed by atoms with Crippen LogP contribution < -0.4 is 0 Å². The fourth-order valence-corrected chi connectivity index (χ4v) is 3.63. The van der Waals surface area contributed by atoms with Gasteiger partial charge in [-0.25, -0.2) is 4.79 Å². The number of ether oxygens (including phenoxy) is 1. The molecule has 1 N–H and O–H groups in total. The number of thiophene rings is 1. The van der Waals surface area contributed by atoms with Crippen molar-refractivity contribution in [2.75, 3.05) is 19.6 Å². The molecule has 22 heavy (non-hydrogen) atoms. The second kappa shape index (κ2) is 8.65. The van der Waals surface area contributed by atoms with Gasteiger partial charge in [0.05, 0.1) is 12.2 Å². The molecule has 0 aliphatic carbocycles. The first kappa shape index (κ1) is 17.4. The van der Waals surface area contributed by atoms with Gasteiger partial charge in [-0.05, 0) is 58.3 Å². The Hall–Kier alpha value is -0.910. The van der Waals surface area contributed by atoms with E-state index in [4.69, 9.17) is 4.74 Å². The summed E-state index contributed by atoms with van der Waals surface area (Å²) < 4.78 is 5.18. The highest BCUT2D eigenvalue weighted by Crippen LogP contribution is 2.26. The van der Waals surface area contributed by atoms with Crippen molar-refractivity contribution < 1.29 is 14.6 Å². The Bertz CT molecular complexity index is 464. The van der Waals surface area contributed by atoms with Gasteiger partial charge in [-0.2, -0.15) is 0 Å². The number of esters is 1.